The minimum absolute atomic E-state index is 0.109. The highest BCUT2D eigenvalue weighted by Gasteiger charge is 2.16. The summed E-state index contributed by atoms with van der Waals surface area (Å²) in [6.45, 7) is 12.7. The average molecular weight is 379 g/mol. The molecule has 0 aliphatic carbocycles. The van der Waals surface area contributed by atoms with E-state index in [1.165, 1.54) is 11.1 Å². The Kier molecular flexibility index (Phi) is 9.46. The molecule has 8 nitrogen and oxygen atoms in total. The Morgan fingerprint density at radius 3 is 1.85 bits per heavy atom. The van der Waals surface area contributed by atoms with E-state index in [2.05, 4.69) is 42.0 Å². The van der Waals surface area contributed by atoms with Crippen molar-refractivity contribution in [2.45, 2.75) is 27.2 Å². The van der Waals surface area contributed by atoms with Crippen LogP contribution in [0.2, 0.25) is 0 Å². The molecule has 0 aromatic heterocycles. The second kappa shape index (κ2) is 11.3. The van der Waals surface area contributed by atoms with Crippen molar-refractivity contribution >= 4 is 23.5 Å². The third kappa shape index (κ3) is 9.16. The number of aryl methyl sites for hydroxylation is 2. The number of hydrogen-bond donors (Lipinski definition) is 3. The van der Waals surface area contributed by atoms with E-state index in [0.29, 0.717) is 6.42 Å². The van der Waals surface area contributed by atoms with Gasteiger partial charge in [0.05, 0.1) is 0 Å². The summed E-state index contributed by atoms with van der Waals surface area (Å²) in [5.41, 5.74) is 3.27. The van der Waals surface area contributed by atoms with Crippen molar-refractivity contribution < 1.29 is 24.6 Å². The van der Waals surface area contributed by atoms with Gasteiger partial charge in [-0.15, -0.1) is 0 Å². The SMILES string of the molecule is CCN1CCN(CCC(=O)Nc2cc(C)cc(C)c2)CC1.O=C(O)C(=O)O. The van der Waals surface area contributed by atoms with Crippen LogP contribution in [-0.2, 0) is 14.4 Å². The molecule has 0 unspecified atom stereocenters. The fraction of sp³-hybridized carbons (Fsp3) is 0.526. The second-order valence-electron chi connectivity index (χ2n) is 6.56. The number of carboxylic acid groups (broad SMARTS) is 2. The van der Waals surface area contributed by atoms with Crippen molar-refractivity contribution in [3.05, 3.63) is 29.3 Å². The van der Waals surface area contributed by atoms with Gasteiger partial charge in [0.25, 0.3) is 0 Å². The van der Waals surface area contributed by atoms with E-state index in [1.54, 1.807) is 0 Å². The number of anilines is 1. The van der Waals surface area contributed by atoms with Crippen molar-refractivity contribution in [2.24, 2.45) is 0 Å². The molecule has 3 N–H and O–H groups in total. The Labute approximate surface area is 159 Å². The molecular formula is C19H29N3O5. The summed E-state index contributed by atoms with van der Waals surface area (Å²) in [5.74, 6) is -3.54. The molecule has 1 amide bonds. The highest BCUT2D eigenvalue weighted by atomic mass is 16.4. The molecule has 27 heavy (non-hydrogen) atoms. The molecule has 150 valence electrons. The van der Waals surface area contributed by atoms with E-state index >= 15 is 0 Å². The predicted octanol–water partition coefficient (Wildman–Crippen LogP) is 1.43. The summed E-state index contributed by atoms with van der Waals surface area (Å²) in [6.07, 6.45) is 0.569. The molecule has 0 spiro atoms. The van der Waals surface area contributed by atoms with E-state index < -0.39 is 11.9 Å². The van der Waals surface area contributed by atoms with Crippen molar-refractivity contribution in [2.75, 3.05) is 44.6 Å². The number of rotatable bonds is 5. The van der Waals surface area contributed by atoms with Gasteiger partial charge in [0.2, 0.25) is 5.91 Å². The van der Waals surface area contributed by atoms with Crippen LogP contribution < -0.4 is 5.32 Å². The minimum Gasteiger partial charge on any atom is -0.473 e. The second-order valence-corrected chi connectivity index (χ2v) is 6.56. The summed E-state index contributed by atoms with van der Waals surface area (Å²) in [6, 6.07) is 6.15. The lowest BCUT2D eigenvalue weighted by Crippen LogP contribution is -2.46. The minimum atomic E-state index is -1.82. The van der Waals surface area contributed by atoms with Gasteiger partial charge in [-0.2, -0.15) is 0 Å². The fourth-order valence-corrected chi connectivity index (χ4v) is 2.86. The topological polar surface area (TPSA) is 110 Å². The molecule has 1 fully saturated rings. The monoisotopic (exact) mass is 379 g/mol. The number of aliphatic carboxylic acids is 2. The van der Waals surface area contributed by atoms with Gasteiger partial charge in [-0.1, -0.05) is 13.0 Å². The normalized spacial score (nSPS) is 14.8. The molecule has 1 heterocycles. The highest BCUT2D eigenvalue weighted by molar-refractivity contribution is 6.27. The van der Waals surface area contributed by atoms with E-state index in [9.17, 15) is 4.79 Å². The standard InChI is InChI=1S/C17H27N3O.C2H2O4/c1-4-19-7-9-20(10-8-19)6-5-17(21)18-16-12-14(2)11-15(3)13-16;3-1(4)2(5)6/h11-13H,4-10H2,1-3H3,(H,18,21);(H,3,4)(H,5,6). The zero-order chi connectivity index (χ0) is 20.4. The van der Waals surface area contributed by atoms with Gasteiger partial charge >= 0.3 is 11.9 Å². The molecule has 1 aliphatic heterocycles. The zero-order valence-corrected chi connectivity index (χ0v) is 16.2. The summed E-state index contributed by atoms with van der Waals surface area (Å²) < 4.78 is 0. The Hall–Kier alpha value is -2.45. The lowest BCUT2D eigenvalue weighted by molar-refractivity contribution is -0.159. The zero-order valence-electron chi connectivity index (χ0n) is 16.2. The van der Waals surface area contributed by atoms with Crippen LogP contribution in [0.25, 0.3) is 0 Å². The Morgan fingerprint density at radius 2 is 1.41 bits per heavy atom. The number of piperazine rings is 1. The van der Waals surface area contributed by atoms with Crippen molar-refractivity contribution in [1.82, 2.24) is 9.80 Å². The largest absolute Gasteiger partial charge is 0.473 e. The van der Waals surface area contributed by atoms with Gasteiger partial charge in [-0.25, -0.2) is 9.59 Å². The molecule has 0 saturated carbocycles. The van der Waals surface area contributed by atoms with Crippen molar-refractivity contribution in [3.8, 4) is 0 Å². The van der Waals surface area contributed by atoms with Crippen LogP contribution in [0.3, 0.4) is 0 Å². The van der Waals surface area contributed by atoms with Crippen LogP contribution in [0.15, 0.2) is 18.2 Å². The van der Waals surface area contributed by atoms with Gasteiger partial charge in [0, 0.05) is 44.8 Å². The van der Waals surface area contributed by atoms with Gasteiger partial charge in [-0.05, 0) is 43.7 Å². The quantitative estimate of drug-likeness (QED) is 0.664. The third-order valence-corrected chi connectivity index (χ3v) is 4.26. The highest BCUT2D eigenvalue weighted by Crippen LogP contribution is 2.14. The van der Waals surface area contributed by atoms with Crippen molar-refractivity contribution in [3.63, 3.8) is 0 Å². The first kappa shape index (κ1) is 22.6. The molecule has 1 aromatic carbocycles. The molecule has 0 bridgehead atoms. The number of benzene rings is 1. The van der Waals surface area contributed by atoms with E-state index in [0.717, 1.165) is 45.0 Å². The molecule has 0 atom stereocenters. The van der Waals surface area contributed by atoms with Crippen LogP contribution in [0.1, 0.15) is 24.5 Å². The summed E-state index contributed by atoms with van der Waals surface area (Å²) in [5, 5.41) is 17.8. The number of carbonyl (C=O) groups excluding carboxylic acids is 1. The number of nitrogens with zero attached hydrogens (tertiary/aromatic N) is 2. The lowest BCUT2D eigenvalue weighted by Gasteiger charge is -2.33. The van der Waals surface area contributed by atoms with Gasteiger partial charge < -0.3 is 25.3 Å². The maximum Gasteiger partial charge on any atom is 0.414 e. The van der Waals surface area contributed by atoms with Gasteiger partial charge in [0.1, 0.15) is 0 Å². The number of carboxylic acids is 2. The van der Waals surface area contributed by atoms with Gasteiger partial charge in [0.15, 0.2) is 0 Å². The predicted molar refractivity (Wildman–Crippen MR) is 103 cm³/mol. The molecule has 1 saturated heterocycles. The Bertz CT molecular complexity index is 622. The summed E-state index contributed by atoms with van der Waals surface area (Å²) in [4.78, 5) is 35.1. The molecule has 8 heteroatoms. The average Bonchev–Trinajstić information content (AvgIpc) is 2.60. The third-order valence-electron chi connectivity index (χ3n) is 4.26. The van der Waals surface area contributed by atoms with Crippen LogP contribution in [0.4, 0.5) is 5.69 Å². The van der Waals surface area contributed by atoms with Crippen LogP contribution >= 0.6 is 0 Å². The Balaban J connectivity index is 0.000000527. The van der Waals surface area contributed by atoms with Crippen LogP contribution in [0.5, 0.6) is 0 Å². The molecule has 0 radical (unpaired) electrons. The summed E-state index contributed by atoms with van der Waals surface area (Å²) in [7, 11) is 0. The number of carbonyl (C=O) groups is 3. The Morgan fingerprint density at radius 1 is 0.926 bits per heavy atom. The number of likely N-dealkylation sites (N-methyl/N-ethyl adjacent to an activating group) is 1. The first-order chi connectivity index (χ1) is 12.7. The first-order valence-corrected chi connectivity index (χ1v) is 9.00. The van der Waals surface area contributed by atoms with Crippen LogP contribution in [-0.4, -0.2) is 77.1 Å². The van der Waals surface area contributed by atoms with E-state index in [-0.39, 0.29) is 5.91 Å². The first-order valence-electron chi connectivity index (χ1n) is 9.00. The van der Waals surface area contributed by atoms with E-state index in [1.807, 2.05) is 12.1 Å². The molecule has 1 aliphatic rings. The van der Waals surface area contributed by atoms with Gasteiger partial charge in [-0.3, -0.25) is 4.79 Å². The number of amides is 1. The molecule has 2 rings (SSSR count). The molecular weight excluding hydrogens is 350 g/mol. The van der Waals surface area contributed by atoms with E-state index in [4.69, 9.17) is 19.8 Å². The van der Waals surface area contributed by atoms with Crippen molar-refractivity contribution in [1.29, 1.82) is 0 Å². The fourth-order valence-electron chi connectivity index (χ4n) is 2.86. The maximum atomic E-state index is 12.1. The summed E-state index contributed by atoms with van der Waals surface area (Å²) >= 11 is 0. The number of nitrogens with one attached hydrogen (secondary N) is 1. The number of hydrogen-bond acceptors (Lipinski definition) is 5. The van der Waals surface area contributed by atoms with Crippen LogP contribution in [0, 0.1) is 13.8 Å². The molecule has 1 aromatic rings. The maximum absolute atomic E-state index is 12.1. The smallest absolute Gasteiger partial charge is 0.414 e. The lowest BCUT2D eigenvalue weighted by atomic mass is 10.1.